The molecule has 1 spiro atoms. The molecule has 0 aliphatic carbocycles. The van der Waals surface area contributed by atoms with E-state index in [0.29, 0.717) is 11.6 Å². The molecule has 1 atom stereocenters. The van der Waals surface area contributed by atoms with Gasteiger partial charge >= 0.3 is 0 Å². The molecule has 4 heterocycles. The van der Waals surface area contributed by atoms with Gasteiger partial charge in [-0.3, -0.25) is 14.7 Å². The molecule has 2 aliphatic rings. The number of rotatable bonds is 3. The van der Waals surface area contributed by atoms with Crippen LogP contribution in [-0.4, -0.2) is 62.5 Å². The van der Waals surface area contributed by atoms with E-state index in [1.807, 2.05) is 4.90 Å². The zero-order valence-electron chi connectivity index (χ0n) is 16.1. The molecule has 0 saturated carbocycles. The molecule has 0 aromatic carbocycles. The predicted molar refractivity (Wildman–Crippen MR) is 98.0 cm³/mol. The molecule has 1 amide bonds. The minimum Gasteiger partial charge on any atom is -0.339 e. The van der Waals surface area contributed by atoms with Crippen LogP contribution in [0.25, 0.3) is 0 Å². The number of aromatic nitrogens is 4. The molecule has 2 fully saturated rings. The zero-order chi connectivity index (χ0) is 19.0. The van der Waals surface area contributed by atoms with E-state index in [9.17, 15) is 4.79 Å². The number of amides is 1. The number of carbonyl (C=O) groups is 1. The fourth-order valence-electron chi connectivity index (χ4n) is 4.29. The van der Waals surface area contributed by atoms with Crippen molar-refractivity contribution >= 4 is 5.91 Å². The highest BCUT2D eigenvalue weighted by atomic mass is 16.5. The van der Waals surface area contributed by atoms with Gasteiger partial charge in [-0.2, -0.15) is 4.98 Å². The number of piperidine rings is 1. The van der Waals surface area contributed by atoms with E-state index < -0.39 is 0 Å². The molecule has 8 nitrogen and oxygen atoms in total. The summed E-state index contributed by atoms with van der Waals surface area (Å²) in [5, 5.41) is 4.22. The Morgan fingerprint density at radius 3 is 2.70 bits per heavy atom. The molecular weight excluding hydrogens is 344 g/mol. The maximum absolute atomic E-state index is 12.6. The Kier molecular flexibility index (Phi) is 4.67. The lowest BCUT2D eigenvalue weighted by atomic mass is 9.76. The molecule has 0 N–H and O–H groups in total. The molecule has 1 unspecified atom stereocenters. The van der Waals surface area contributed by atoms with Crippen LogP contribution >= 0.6 is 0 Å². The second-order valence-electron chi connectivity index (χ2n) is 8.16. The smallest absolute Gasteiger partial charge is 0.274 e. The van der Waals surface area contributed by atoms with Crippen molar-refractivity contribution in [2.24, 2.45) is 5.41 Å². The molecule has 27 heavy (non-hydrogen) atoms. The van der Waals surface area contributed by atoms with Gasteiger partial charge in [-0.1, -0.05) is 19.0 Å². The van der Waals surface area contributed by atoms with Gasteiger partial charge in [0.25, 0.3) is 5.91 Å². The molecule has 0 bridgehead atoms. The van der Waals surface area contributed by atoms with Gasteiger partial charge in [-0.15, -0.1) is 0 Å². The van der Waals surface area contributed by atoms with E-state index in [1.54, 1.807) is 12.4 Å². The quantitative estimate of drug-likeness (QED) is 0.819. The summed E-state index contributed by atoms with van der Waals surface area (Å²) in [6, 6.07) is 0.184. The third kappa shape index (κ3) is 3.45. The number of hydrogen-bond donors (Lipinski definition) is 0. The van der Waals surface area contributed by atoms with Crippen LogP contribution in [0.3, 0.4) is 0 Å². The van der Waals surface area contributed by atoms with E-state index >= 15 is 0 Å². The Labute approximate surface area is 159 Å². The van der Waals surface area contributed by atoms with Crippen molar-refractivity contribution in [1.29, 1.82) is 0 Å². The third-order valence-electron chi connectivity index (χ3n) is 5.89. The standard InChI is InChI=1S/C19H26N6O2/c1-13(2)17-22-16(23-27-17)15-10-19(12-24(15)3)4-8-25(9-5-19)18(26)14-11-20-6-7-21-14/h6-7,11,13,15H,4-5,8-10,12H2,1-3H3. The van der Waals surface area contributed by atoms with Crippen molar-refractivity contribution < 1.29 is 9.32 Å². The fraction of sp³-hybridized carbons (Fsp3) is 0.632. The van der Waals surface area contributed by atoms with Gasteiger partial charge in [0.15, 0.2) is 5.82 Å². The largest absolute Gasteiger partial charge is 0.339 e. The van der Waals surface area contributed by atoms with E-state index in [-0.39, 0.29) is 23.3 Å². The first-order valence-electron chi connectivity index (χ1n) is 9.56. The second-order valence-corrected chi connectivity index (χ2v) is 8.16. The van der Waals surface area contributed by atoms with Crippen molar-refractivity contribution in [1.82, 2.24) is 29.9 Å². The SMILES string of the molecule is CC(C)c1nc(C2CC3(CCN(C(=O)c4cnccn4)CC3)CN2C)no1. The van der Waals surface area contributed by atoms with E-state index in [0.717, 1.165) is 44.7 Å². The fourth-order valence-corrected chi connectivity index (χ4v) is 4.29. The summed E-state index contributed by atoms with van der Waals surface area (Å²) in [6.07, 6.45) is 7.65. The molecule has 8 heteroatoms. The summed E-state index contributed by atoms with van der Waals surface area (Å²) in [7, 11) is 2.13. The number of likely N-dealkylation sites (tertiary alicyclic amines) is 2. The summed E-state index contributed by atoms with van der Waals surface area (Å²) in [4.78, 5) is 29.6. The van der Waals surface area contributed by atoms with Crippen LogP contribution in [0, 0.1) is 5.41 Å². The minimum absolute atomic E-state index is 0.0272. The Hall–Kier alpha value is -2.35. The second kappa shape index (κ2) is 6.99. The lowest BCUT2D eigenvalue weighted by molar-refractivity contribution is 0.0587. The third-order valence-corrected chi connectivity index (χ3v) is 5.89. The first-order valence-corrected chi connectivity index (χ1v) is 9.56. The van der Waals surface area contributed by atoms with Crippen molar-refractivity contribution in [2.75, 3.05) is 26.7 Å². The molecule has 2 aromatic rings. The van der Waals surface area contributed by atoms with Gasteiger partial charge in [0.2, 0.25) is 5.89 Å². The van der Waals surface area contributed by atoms with Gasteiger partial charge in [-0.25, -0.2) is 4.98 Å². The topological polar surface area (TPSA) is 88.3 Å². The van der Waals surface area contributed by atoms with Crippen molar-refractivity contribution in [3.05, 3.63) is 36.0 Å². The maximum atomic E-state index is 12.6. The van der Waals surface area contributed by atoms with Gasteiger partial charge < -0.3 is 9.42 Å². The first-order chi connectivity index (χ1) is 13.0. The molecule has 2 aromatic heterocycles. The molecule has 2 saturated heterocycles. The average Bonchev–Trinajstić information content (AvgIpc) is 3.28. The lowest BCUT2D eigenvalue weighted by Crippen LogP contribution is -2.44. The Balaban J connectivity index is 1.42. The van der Waals surface area contributed by atoms with E-state index in [1.165, 1.54) is 6.20 Å². The first kappa shape index (κ1) is 18.0. The number of carbonyl (C=O) groups excluding carboxylic acids is 1. The van der Waals surface area contributed by atoms with E-state index in [4.69, 9.17) is 4.52 Å². The predicted octanol–water partition coefficient (Wildman–Crippen LogP) is 2.28. The van der Waals surface area contributed by atoms with Gasteiger partial charge in [0.1, 0.15) is 5.69 Å². The van der Waals surface area contributed by atoms with Crippen LogP contribution in [0.15, 0.2) is 23.1 Å². The number of nitrogens with zero attached hydrogens (tertiary/aromatic N) is 6. The summed E-state index contributed by atoms with van der Waals surface area (Å²) < 4.78 is 5.41. The summed E-state index contributed by atoms with van der Waals surface area (Å²) in [5.74, 6) is 1.70. The average molecular weight is 370 g/mol. The molecular formula is C19H26N6O2. The summed E-state index contributed by atoms with van der Waals surface area (Å²) in [6.45, 7) is 6.61. The van der Waals surface area contributed by atoms with Gasteiger partial charge in [0, 0.05) is 37.9 Å². The Morgan fingerprint density at radius 2 is 2.07 bits per heavy atom. The van der Waals surface area contributed by atoms with E-state index in [2.05, 4.69) is 45.9 Å². The molecule has 144 valence electrons. The van der Waals surface area contributed by atoms with Gasteiger partial charge in [0.05, 0.1) is 12.2 Å². The van der Waals surface area contributed by atoms with Gasteiger partial charge in [-0.05, 0) is 31.7 Å². The molecule has 2 aliphatic heterocycles. The van der Waals surface area contributed by atoms with Crippen LogP contribution in [0.2, 0.25) is 0 Å². The van der Waals surface area contributed by atoms with Crippen molar-refractivity contribution in [3.8, 4) is 0 Å². The molecule has 4 rings (SSSR count). The Bertz CT molecular complexity index is 798. The highest BCUT2D eigenvalue weighted by molar-refractivity contribution is 5.92. The van der Waals surface area contributed by atoms with Crippen LogP contribution in [-0.2, 0) is 0 Å². The monoisotopic (exact) mass is 370 g/mol. The normalized spacial score (nSPS) is 22.7. The minimum atomic E-state index is -0.0272. The van der Waals surface area contributed by atoms with Crippen LogP contribution in [0.1, 0.15) is 67.3 Å². The van der Waals surface area contributed by atoms with Crippen LogP contribution in [0.5, 0.6) is 0 Å². The summed E-state index contributed by atoms with van der Waals surface area (Å²) >= 11 is 0. The summed E-state index contributed by atoms with van der Waals surface area (Å²) in [5.41, 5.74) is 0.625. The molecule has 0 radical (unpaired) electrons. The van der Waals surface area contributed by atoms with Crippen LogP contribution < -0.4 is 0 Å². The van der Waals surface area contributed by atoms with Crippen molar-refractivity contribution in [2.45, 2.75) is 45.1 Å². The lowest BCUT2D eigenvalue weighted by Gasteiger charge is -2.39. The highest BCUT2D eigenvalue weighted by Crippen LogP contribution is 2.47. The van der Waals surface area contributed by atoms with Crippen LogP contribution in [0.4, 0.5) is 0 Å². The maximum Gasteiger partial charge on any atom is 0.274 e. The zero-order valence-corrected chi connectivity index (χ0v) is 16.1. The highest BCUT2D eigenvalue weighted by Gasteiger charge is 2.46. The van der Waals surface area contributed by atoms with Crippen molar-refractivity contribution in [3.63, 3.8) is 0 Å². The Morgan fingerprint density at radius 1 is 1.30 bits per heavy atom. The number of hydrogen-bond acceptors (Lipinski definition) is 7.